The van der Waals surface area contributed by atoms with E-state index in [0.717, 1.165) is 37.8 Å². The molecule has 0 bridgehead atoms. The number of aryl methyl sites for hydroxylation is 1. The molecule has 1 aromatic heterocycles. The zero-order valence-corrected chi connectivity index (χ0v) is 9.36. The number of hydrogen-bond donors (Lipinski definition) is 1. The van der Waals surface area contributed by atoms with E-state index in [2.05, 4.69) is 27.4 Å². The SMILES string of the molecule is CCc1nc(CN(C)C2CCNC2)no1. The molecule has 0 spiro atoms. The molecule has 1 saturated heterocycles. The van der Waals surface area contributed by atoms with Gasteiger partial charge in [0.1, 0.15) is 0 Å². The van der Waals surface area contributed by atoms with Crippen molar-refractivity contribution in [2.45, 2.75) is 32.4 Å². The number of nitrogens with zero attached hydrogens (tertiary/aromatic N) is 3. The van der Waals surface area contributed by atoms with Gasteiger partial charge in [-0.25, -0.2) is 0 Å². The highest BCUT2D eigenvalue weighted by molar-refractivity contribution is 4.88. The van der Waals surface area contributed by atoms with Crippen LogP contribution < -0.4 is 5.32 Å². The second-order valence-corrected chi connectivity index (χ2v) is 4.02. The van der Waals surface area contributed by atoms with Crippen LogP contribution in [0.3, 0.4) is 0 Å². The van der Waals surface area contributed by atoms with E-state index in [4.69, 9.17) is 4.52 Å². The third-order valence-electron chi connectivity index (χ3n) is 2.86. The molecular formula is C10H18N4O. The predicted molar refractivity (Wildman–Crippen MR) is 56.4 cm³/mol. The molecule has 1 unspecified atom stereocenters. The summed E-state index contributed by atoms with van der Waals surface area (Å²) < 4.78 is 5.07. The lowest BCUT2D eigenvalue weighted by molar-refractivity contribution is 0.239. The van der Waals surface area contributed by atoms with Gasteiger partial charge in [-0.15, -0.1) is 0 Å². The van der Waals surface area contributed by atoms with Gasteiger partial charge in [0.2, 0.25) is 5.89 Å². The van der Waals surface area contributed by atoms with Crippen molar-refractivity contribution >= 4 is 0 Å². The first-order chi connectivity index (χ1) is 7.29. The molecule has 0 saturated carbocycles. The zero-order valence-electron chi connectivity index (χ0n) is 9.36. The van der Waals surface area contributed by atoms with Gasteiger partial charge in [0.05, 0.1) is 6.54 Å². The summed E-state index contributed by atoms with van der Waals surface area (Å²) in [6, 6.07) is 0.605. The molecule has 1 aliphatic rings. The minimum absolute atomic E-state index is 0.605. The normalized spacial score (nSPS) is 21.4. The van der Waals surface area contributed by atoms with Gasteiger partial charge >= 0.3 is 0 Å². The second-order valence-electron chi connectivity index (χ2n) is 4.02. The first-order valence-corrected chi connectivity index (χ1v) is 5.52. The minimum Gasteiger partial charge on any atom is -0.339 e. The van der Waals surface area contributed by atoms with Crippen molar-refractivity contribution in [2.24, 2.45) is 0 Å². The van der Waals surface area contributed by atoms with E-state index < -0.39 is 0 Å². The Labute approximate surface area is 89.8 Å². The molecule has 0 aromatic carbocycles. The van der Waals surface area contributed by atoms with Gasteiger partial charge in [0.15, 0.2) is 5.82 Å². The van der Waals surface area contributed by atoms with E-state index in [-0.39, 0.29) is 0 Å². The van der Waals surface area contributed by atoms with Gasteiger partial charge in [-0.3, -0.25) is 4.90 Å². The summed E-state index contributed by atoms with van der Waals surface area (Å²) in [5.74, 6) is 1.52. The van der Waals surface area contributed by atoms with Crippen LogP contribution in [-0.2, 0) is 13.0 Å². The van der Waals surface area contributed by atoms with Crippen molar-refractivity contribution in [2.75, 3.05) is 20.1 Å². The van der Waals surface area contributed by atoms with Gasteiger partial charge in [-0.1, -0.05) is 12.1 Å². The lowest BCUT2D eigenvalue weighted by Gasteiger charge is -2.21. The van der Waals surface area contributed by atoms with Crippen LogP contribution in [0.1, 0.15) is 25.1 Å². The molecule has 0 aliphatic carbocycles. The quantitative estimate of drug-likeness (QED) is 0.781. The fourth-order valence-corrected chi connectivity index (χ4v) is 1.87. The molecular weight excluding hydrogens is 192 g/mol. The molecule has 15 heavy (non-hydrogen) atoms. The average molecular weight is 210 g/mol. The maximum Gasteiger partial charge on any atom is 0.226 e. The Balaban J connectivity index is 1.89. The van der Waals surface area contributed by atoms with E-state index in [1.165, 1.54) is 6.42 Å². The molecule has 0 amide bonds. The van der Waals surface area contributed by atoms with Crippen LogP contribution in [0.2, 0.25) is 0 Å². The summed E-state index contributed by atoms with van der Waals surface area (Å²) in [7, 11) is 2.11. The highest BCUT2D eigenvalue weighted by atomic mass is 16.5. The Kier molecular flexibility index (Phi) is 3.33. The topological polar surface area (TPSA) is 54.2 Å². The van der Waals surface area contributed by atoms with Gasteiger partial charge in [-0.05, 0) is 20.0 Å². The van der Waals surface area contributed by atoms with E-state index in [9.17, 15) is 0 Å². The van der Waals surface area contributed by atoms with Crippen LogP contribution in [0.15, 0.2) is 4.52 Å². The molecule has 1 N–H and O–H groups in total. The average Bonchev–Trinajstić information content (AvgIpc) is 2.87. The number of rotatable bonds is 4. The van der Waals surface area contributed by atoms with Crippen molar-refractivity contribution in [3.05, 3.63) is 11.7 Å². The molecule has 1 fully saturated rings. The number of aromatic nitrogens is 2. The molecule has 2 heterocycles. The van der Waals surface area contributed by atoms with E-state index in [1.807, 2.05) is 6.92 Å². The number of hydrogen-bond acceptors (Lipinski definition) is 5. The standard InChI is InChI=1S/C10H18N4O/c1-3-10-12-9(13-15-10)7-14(2)8-4-5-11-6-8/h8,11H,3-7H2,1-2H3. The summed E-state index contributed by atoms with van der Waals surface area (Å²) in [6.45, 7) is 4.97. The first-order valence-electron chi connectivity index (χ1n) is 5.52. The summed E-state index contributed by atoms with van der Waals surface area (Å²) in [4.78, 5) is 6.58. The second kappa shape index (κ2) is 4.72. The van der Waals surface area contributed by atoms with Crippen LogP contribution in [0.5, 0.6) is 0 Å². The molecule has 0 radical (unpaired) electrons. The Morgan fingerprint density at radius 2 is 2.47 bits per heavy atom. The monoisotopic (exact) mass is 210 g/mol. The third-order valence-corrected chi connectivity index (χ3v) is 2.86. The summed E-state index contributed by atoms with van der Waals surface area (Å²) in [5, 5.41) is 7.30. The van der Waals surface area contributed by atoms with Gasteiger partial charge < -0.3 is 9.84 Å². The molecule has 1 aliphatic heterocycles. The molecule has 1 aromatic rings. The van der Waals surface area contributed by atoms with Crippen molar-refractivity contribution in [3.8, 4) is 0 Å². The zero-order chi connectivity index (χ0) is 10.7. The fraction of sp³-hybridized carbons (Fsp3) is 0.800. The van der Waals surface area contributed by atoms with Crippen molar-refractivity contribution in [3.63, 3.8) is 0 Å². The minimum atomic E-state index is 0.605. The molecule has 1 atom stereocenters. The highest BCUT2D eigenvalue weighted by Gasteiger charge is 2.20. The van der Waals surface area contributed by atoms with Crippen molar-refractivity contribution in [1.82, 2.24) is 20.4 Å². The Bertz CT molecular complexity index is 306. The van der Waals surface area contributed by atoms with Gasteiger partial charge in [0, 0.05) is 19.0 Å². The summed E-state index contributed by atoms with van der Waals surface area (Å²) >= 11 is 0. The lowest BCUT2D eigenvalue weighted by Crippen LogP contribution is -2.33. The maximum atomic E-state index is 5.07. The smallest absolute Gasteiger partial charge is 0.226 e. The van der Waals surface area contributed by atoms with Gasteiger partial charge in [-0.2, -0.15) is 4.98 Å². The predicted octanol–water partition coefficient (Wildman–Crippen LogP) is 0.426. The van der Waals surface area contributed by atoms with E-state index in [1.54, 1.807) is 0 Å². The van der Waals surface area contributed by atoms with E-state index in [0.29, 0.717) is 6.04 Å². The summed E-state index contributed by atoms with van der Waals surface area (Å²) in [6.07, 6.45) is 2.01. The largest absolute Gasteiger partial charge is 0.339 e. The van der Waals surface area contributed by atoms with Crippen molar-refractivity contribution < 1.29 is 4.52 Å². The Morgan fingerprint density at radius 1 is 1.60 bits per heavy atom. The Morgan fingerprint density at radius 3 is 3.07 bits per heavy atom. The van der Waals surface area contributed by atoms with Crippen LogP contribution in [0, 0.1) is 0 Å². The highest BCUT2D eigenvalue weighted by Crippen LogP contribution is 2.09. The van der Waals surface area contributed by atoms with Crippen LogP contribution in [0.4, 0.5) is 0 Å². The molecule has 2 rings (SSSR count). The third kappa shape index (κ3) is 2.54. The lowest BCUT2D eigenvalue weighted by atomic mass is 10.2. The number of nitrogens with one attached hydrogen (secondary N) is 1. The first kappa shape index (κ1) is 10.6. The molecule has 5 heteroatoms. The number of likely N-dealkylation sites (N-methyl/N-ethyl adjacent to an activating group) is 1. The molecule has 84 valence electrons. The molecule has 5 nitrogen and oxygen atoms in total. The van der Waals surface area contributed by atoms with Crippen LogP contribution >= 0.6 is 0 Å². The fourth-order valence-electron chi connectivity index (χ4n) is 1.87. The van der Waals surface area contributed by atoms with Gasteiger partial charge in [0.25, 0.3) is 0 Å². The summed E-state index contributed by atoms with van der Waals surface area (Å²) in [5.41, 5.74) is 0. The maximum absolute atomic E-state index is 5.07. The van der Waals surface area contributed by atoms with E-state index >= 15 is 0 Å². The van der Waals surface area contributed by atoms with Crippen LogP contribution in [-0.4, -0.2) is 41.2 Å². The van der Waals surface area contributed by atoms with Crippen molar-refractivity contribution in [1.29, 1.82) is 0 Å². The Hall–Kier alpha value is -0.940. The van der Waals surface area contributed by atoms with Crippen LogP contribution in [0.25, 0.3) is 0 Å².